The van der Waals surface area contributed by atoms with Gasteiger partial charge < -0.3 is 4.90 Å². The SMILES string of the molecule is N#CCCN(CCC(F)(F)F)C(=O)[C@H]1CC=CCC1. The van der Waals surface area contributed by atoms with Gasteiger partial charge in [0.05, 0.1) is 18.9 Å². The van der Waals surface area contributed by atoms with E-state index in [0.717, 1.165) is 6.42 Å². The van der Waals surface area contributed by atoms with Gasteiger partial charge in [0, 0.05) is 19.0 Å². The van der Waals surface area contributed by atoms with Crippen LogP contribution in [-0.4, -0.2) is 30.1 Å². The average Bonchev–Trinajstić information content (AvgIpc) is 2.38. The number of alkyl halides is 3. The highest BCUT2D eigenvalue weighted by atomic mass is 19.4. The van der Waals surface area contributed by atoms with E-state index in [-0.39, 0.29) is 31.3 Å². The summed E-state index contributed by atoms with van der Waals surface area (Å²) < 4.78 is 36.7. The number of hydrogen-bond acceptors (Lipinski definition) is 2. The first-order chi connectivity index (χ1) is 8.94. The third kappa shape index (κ3) is 5.77. The molecule has 0 heterocycles. The van der Waals surface area contributed by atoms with E-state index in [4.69, 9.17) is 5.26 Å². The van der Waals surface area contributed by atoms with Gasteiger partial charge in [-0.05, 0) is 19.3 Å². The Morgan fingerprint density at radius 3 is 2.63 bits per heavy atom. The molecule has 3 nitrogen and oxygen atoms in total. The summed E-state index contributed by atoms with van der Waals surface area (Å²) in [4.78, 5) is 13.3. The monoisotopic (exact) mass is 274 g/mol. The van der Waals surface area contributed by atoms with Crippen LogP contribution in [0, 0.1) is 17.2 Å². The smallest absolute Gasteiger partial charge is 0.341 e. The van der Waals surface area contributed by atoms with Gasteiger partial charge in [0.1, 0.15) is 0 Å². The molecule has 0 saturated heterocycles. The fourth-order valence-corrected chi connectivity index (χ4v) is 2.05. The van der Waals surface area contributed by atoms with E-state index in [2.05, 4.69) is 0 Å². The van der Waals surface area contributed by atoms with Gasteiger partial charge in [-0.3, -0.25) is 4.79 Å². The molecule has 0 aromatic rings. The standard InChI is InChI=1S/C13H17F3N2O/c14-13(15,16)7-10-18(9-4-8-17)12(19)11-5-2-1-3-6-11/h1-2,11H,3-7,9-10H2/t11-/m0/s1. The first kappa shape index (κ1) is 15.5. The molecule has 0 N–H and O–H groups in total. The van der Waals surface area contributed by atoms with Crippen molar-refractivity contribution in [1.82, 2.24) is 4.90 Å². The highest BCUT2D eigenvalue weighted by Crippen LogP contribution is 2.23. The molecule has 0 radical (unpaired) electrons. The number of hydrogen-bond donors (Lipinski definition) is 0. The first-order valence-electron chi connectivity index (χ1n) is 6.31. The highest BCUT2D eigenvalue weighted by Gasteiger charge is 2.30. The van der Waals surface area contributed by atoms with E-state index in [1.54, 1.807) is 0 Å². The lowest BCUT2D eigenvalue weighted by Gasteiger charge is -2.27. The van der Waals surface area contributed by atoms with Crippen LogP contribution in [0.5, 0.6) is 0 Å². The summed E-state index contributed by atoms with van der Waals surface area (Å²) in [5.74, 6) is -0.499. The molecule has 0 bridgehead atoms. The molecule has 6 heteroatoms. The third-order valence-electron chi connectivity index (χ3n) is 3.09. The van der Waals surface area contributed by atoms with E-state index in [9.17, 15) is 18.0 Å². The average molecular weight is 274 g/mol. The first-order valence-corrected chi connectivity index (χ1v) is 6.31. The van der Waals surface area contributed by atoms with Crippen LogP contribution in [0.4, 0.5) is 13.2 Å². The topological polar surface area (TPSA) is 44.1 Å². The van der Waals surface area contributed by atoms with Gasteiger partial charge in [-0.1, -0.05) is 12.2 Å². The van der Waals surface area contributed by atoms with Gasteiger partial charge in [-0.15, -0.1) is 0 Å². The molecule has 1 atom stereocenters. The fraction of sp³-hybridized carbons (Fsp3) is 0.692. The van der Waals surface area contributed by atoms with Crippen LogP contribution < -0.4 is 0 Å². The molecule has 106 valence electrons. The summed E-state index contributed by atoms with van der Waals surface area (Å²) in [6.45, 7) is -0.282. The molecule has 0 saturated carbocycles. The highest BCUT2D eigenvalue weighted by molar-refractivity contribution is 5.79. The van der Waals surface area contributed by atoms with Crippen molar-refractivity contribution in [3.63, 3.8) is 0 Å². The van der Waals surface area contributed by atoms with Crippen LogP contribution in [0.25, 0.3) is 0 Å². The van der Waals surface area contributed by atoms with Crippen LogP contribution in [0.3, 0.4) is 0 Å². The number of carbonyl (C=O) groups excluding carboxylic acids is 1. The fourth-order valence-electron chi connectivity index (χ4n) is 2.05. The largest absolute Gasteiger partial charge is 0.390 e. The molecular weight excluding hydrogens is 257 g/mol. The number of amides is 1. The molecule has 1 rings (SSSR count). The Balaban J connectivity index is 2.59. The molecule has 1 aliphatic carbocycles. The van der Waals surface area contributed by atoms with Gasteiger partial charge in [-0.25, -0.2) is 0 Å². The molecule has 0 unspecified atom stereocenters. The van der Waals surface area contributed by atoms with Crippen molar-refractivity contribution in [3.05, 3.63) is 12.2 Å². The van der Waals surface area contributed by atoms with Crippen molar-refractivity contribution in [2.45, 2.75) is 38.3 Å². The number of rotatable bonds is 5. The van der Waals surface area contributed by atoms with Crippen molar-refractivity contribution in [3.8, 4) is 6.07 Å². The minimum atomic E-state index is -4.28. The van der Waals surface area contributed by atoms with Crippen LogP contribution in [-0.2, 0) is 4.79 Å². The Bertz CT molecular complexity index is 371. The number of nitriles is 1. The maximum atomic E-state index is 12.2. The third-order valence-corrected chi connectivity index (χ3v) is 3.09. The van der Waals surface area contributed by atoms with E-state index in [1.165, 1.54) is 4.90 Å². The number of nitrogens with zero attached hydrogens (tertiary/aromatic N) is 2. The van der Waals surface area contributed by atoms with Crippen molar-refractivity contribution < 1.29 is 18.0 Å². The van der Waals surface area contributed by atoms with Crippen LogP contribution >= 0.6 is 0 Å². The predicted octanol–water partition coefficient (Wildman–Crippen LogP) is 3.04. The van der Waals surface area contributed by atoms with E-state index < -0.39 is 12.6 Å². The van der Waals surface area contributed by atoms with Crippen LogP contribution in [0.1, 0.15) is 32.1 Å². The Labute approximate surface area is 110 Å². The van der Waals surface area contributed by atoms with E-state index >= 15 is 0 Å². The molecule has 1 amide bonds. The number of halogens is 3. The zero-order valence-corrected chi connectivity index (χ0v) is 10.6. The summed E-state index contributed by atoms with van der Waals surface area (Å²) in [7, 11) is 0. The van der Waals surface area contributed by atoms with Gasteiger partial charge in [-0.2, -0.15) is 18.4 Å². The minimum Gasteiger partial charge on any atom is -0.341 e. The molecule has 0 aromatic carbocycles. The van der Waals surface area contributed by atoms with Crippen molar-refractivity contribution in [2.24, 2.45) is 5.92 Å². The lowest BCUT2D eigenvalue weighted by atomic mass is 9.93. The zero-order chi connectivity index (χ0) is 14.3. The Kier molecular flexibility index (Phi) is 5.87. The molecule has 0 aromatic heterocycles. The van der Waals surface area contributed by atoms with E-state index in [0.29, 0.717) is 12.8 Å². The lowest BCUT2D eigenvalue weighted by Crippen LogP contribution is -2.39. The maximum Gasteiger partial charge on any atom is 0.390 e. The van der Waals surface area contributed by atoms with Gasteiger partial charge in [0.2, 0.25) is 5.91 Å². The normalized spacial score (nSPS) is 18.9. The second-order valence-electron chi connectivity index (χ2n) is 4.58. The second-order valence-corrected chi connectivity index (χ2v) is 4.58. The minimum absolute atomic E-state index is 0.0617. The predicted molar refractivity (Wildman–Crippen MR) is 64.0 cm³/mol. The Hall–Kier alpha value is -1.51. The van der Waals surface area contributed by atoms with Gasteiger partial charge >= 0.3 is 6.18 Å². The van der Waals surface area contributed by atoms with E-state index in [1.807, 2.05) is 18.2 Å². The lowest BCUT2D eigenvalue weighted by molar-refractivity contribution is -0.147. The molecular formula is C13H17F3N2O. The van der Waals surface area contributed by atoms with Gasteiger partial charge in [0.15, 0.2) is 0 Å². The summed E-state index contributed by atoms with van der Waals surface area (Å²) in [5.41, 5.74) is 0. The number of carbonyl (C=O) groups is 1. The Morgan fingerprint density at radius 1 is 1.37 bits per heavy atom. The van der Waals surface area contributed by atoms with Gasteiger partial charge in [0.25, 0.3) is 0 Å². The van der Waals surface area contributed by atoms with Crippen LogP contribution in [0.2, 0.25) is 0 Å². The van der Waals surface area contributed by atoms with Crippen LogP contribution in [0.15, 0.2) is 12.2 Å². The zero-order valence-electron chi connectivity index (χ0n) is 10.6. The van der Waals surface area contributed by atoms with Crippen molar-refractivity contribution >= 4 is 5.91 Å². The maximum absolute atomic E-state index is 12.2. The summed E-state index contributed by atoms with van der Waals surface area (Å²) in [6.07, 6.45) is 0.647. The molecule has 19 heavy (non-hydrogen) atoms. The molecule has 0 fully saturated rings. The van der Waals surface area contributed by atoms with Crippen molar-refractivity contribution in [1.29, 1.82) is 5.26 Å². The Morgan fingerprint density at radius 2 is 2.11 bits per heavy atom. The van der Waals surface area contributed by atoms with Crippen molar-refractivity contribution in [2.75, 3.05) is 13.1 Å². The summed E-state index contributed by atoms with van der Waals surface area (Å²) >= 11 is 0. The molecule has 1 aliphatic rings. The number of allylic oxidation sites excluding steroid dienone is 2. The molecule has 0 aliphatic heterocycles. The quantitative estimate of drug-likeness (QED) is 0.723. The second kappa shape index (κ2) is 7.17. The summed E-state index contributed by atoms with van der Waals surface area (Å²) in [5, 5.41) is 8.51. The summed E-state index contributed by atoms with van der Waals surface area (Å²) in [6, 6.07) is 1.86. The molecule has 0 spiro atoms.